The molecule has 2 aliphatic carbocycles. The quantitative estimate of drug-likeness (QED) is 0.249. The predicted molar refractivity (Wildman–Crippen MR) is 165 cm³/mol. The van der Waals surface area contributed by atoms with Crippen LogP contribution in [-0.2, 0) is 17.8 Å². The number of aromatic carboxylic acids is 1. The number of Topliss-reactive ketones (excluding diaryl/α,β-unsaturated/α-hetero) is 1. The highest BCUT2D eigenvalue weighted by molar-refractivity contribution is 6.04. The number of hydrogen-bond acceptors (Lipinski definition) is 4. The molecule has 0 bridgehead atoms. The smallest absolute Gasteiger partial charge is 0.335 e. The van der Waals surface area contributed by atoms with E-state index >= 15 is 0 Å². The van der Waals surface area contributed by atoms with Crippen molar-refractivity contribution in [1.82, 2.24) is 9.88 Å². The fourth-order valence-corrected chi connectivity index (χ4v) is 7.34. The number of fused-ring (bicyclic) bond motifs is 5. The lowest BCUT2D eigenvalue weighted by atomic mass is 9.72. The molecular formula is C36H36N2O5. The number of para-hydroxylation sites is 1. The van der Waals surface area contributed by atoms with Crippen molar-refractivity contribution in [3.8, 4) is 17.0 Å². The maximum atomic E-state index is 13.8. The van der Waals surface area contributed by atoms with Gasteiger partial charge in [0, 0.05) is 28.5 Å². The SMILES string of the molecule is O=C(O)c1cccc(CC(=O)C2(NC(=O)c3ccc4c(C5CCCCC5)c5n(c4c3)CCOc3ccccc3-5)CCC2)c1. The molecule has 3 aromatic carbocycles. The van der Waals surface area contributed by atoms with Gasteiger partial charge in [-0.25, -0.2) is 4.79 Å². The van der Waals surface area contributed by atoms with E-state index in [0.29, 0.717) is 43.0 Å². The number of ether oxygens (including phenoxy) is 1. The van der Waals surface area contributed by atoms with Crippen LogP contribution in [0.3, 0.4) is 0 Å². The molecule has 7 heteroatoms. The van der Waals surface area contributed by atoms with E-state index in [2.05, 4.69) is 28.1 Å². The number of benzene rings is 3. The zero-order valence-electron chi connectivity index (χ0n) is 24.2. The van der Waals surface area contributed by atoms with E-state index in [0.717, 1.165) is 36.1 Å². The summed E-state index contributed by atoms with van der Waals surface area (Å²) in [5.41, 5.74) is 5.11. The van der Waals surface area contributed by atoms with Crippen molar-refractivity contribution in [2.75, 3.05) is 6.61 Å². The van der Waals surface area contributed by atoms with E-state index in [4.69, 9.17) is 4.74 Å². The summed E-state index contributed by atoms with van der Waals surface area (Å²) in [4.78, 5) is 38.7. The van der Waals surface area contributed by atoms with Gasteiger partial charge in [0.25, 0.3) is 5.91 Å². The normalized spacial score (nSPS) is 17.6. The van der Waals surface area contributed by atoms with Crippen LogP contribution in [0.4, 0.5) is 0 Å². The summed E-state index contributed by atoms with van der Waals surface area (Å²) in [5.74, 6) is 0.00319. The lowest BCUT2D eigenvalue weighted by Gasteiger charge is -2.41. The molecule has 1 amide bonds. The molecule has 1 aliphatic heterocycles. The monoisotopic (exact) mass is 576 g/mol. The Morgan fingerprint density at radius 2 is 1.72 bits per heavy atom. The molecule has 2 saturated carbocycles. The van der Waals surface area contributed by atoms with Crippen LogP contribution >= 0.6 is 0 Å². The summed E-state index contributed by atoms with van der Waals surface area (Å²) in [6, 6.07) is 20.7. The van der Waals surface area contributed by atoms with Gasteiger partial charge in [0.05, 0.1) is 23.3 Å². The number of nitrogens with one attached hydrogen (secondary N) is 1. The van der Waals surface area contributed by atoms with Crippen LogP contribution in [0.25, 0.3) is 22.2 Å². The zero-order valence-corrected chi connectivity index (χ0v) is 24.2. The fourth-order valence-electron chi connectivity index (χ4n) is 7.34. The van der Waals surface area contributed by atoms with Crippen molar-refractivity contribution in [3.63, 3.8) is 0 Å². The molecule has 0 spiro atoms. The van der Waals surface area contributed by atoms with Crippen molar-refractivity contribution in [2.45, 2.75) is 75.8 Å². The van der Waals surface area contributed by atoms with E-state index in [-0.39, 0.29) is 23.7 Å². The zero-order chi connectivity index (χ0) is 29.6. The number of ketones is 1. The largest absolute Gasteiger partial charge is 0.491 e. The van der Waals surface area contributed by atoms with Gasteiger partial charge in [-0.05, 0) is 85.5 Å². The minimum absolute atomic E-state index is 0.0802. The molecule has 0 radical (unpaired) electrons. The maximum absolute atomic E-state index is 13.8. The molecule has 0 saturated heterocycles. The van der Waals surface area contributed by atoms with Crippen molar-refractivity contribution in [3.05, 3.63) is 89.0 Å². The van der Waals surface area contributed by atoms with Crippen LogP contribution in [0, 0.1) is 0 Å². The van der Waals surface area contributed by atoms with Gasteiger partial charge < -0.3 is 19.7 Å². The Balaban J connectivity index is 1.23. The second kappa shape index (κ2) is 11.0. The first-order chi connectivity index (χ1) is 20.9. The lowest BCUT2D eigenvalue weighted by Crippen LogP contribution is -2.59. The molecule has 2 fully saturated rings. The van der Waals surface area contributed by atoms with Gasteiger partial charge in [0.2, 0.25) is 0 Å². The number of aromatic nitrogens is 1. The molecule has 220 valence electrons. The Bertz CT molecular complexity index is 1740. The minimum Gasteiger partial charge on any atom is -0.491 e. The van der Waals surface area contributed by atoms with Crippen LogP contribution in [0.15, 0.2) is 66.7 Å². The van der Waals surface area contributed by atoms with Crippen molar-refractivity contribution in [1.29, 1.82) is 0 Å². The van der Waals surface area contributed by atoms with Crippen LogP contribution in [-0.4, -0.2) is 39.5 Å². The Kier molecular flexibility index (Phi) is 7.04. The summed E-state index contributed by atoms with van der Waals surface area (Å²) < 4.78 is 8.51. The summed E-state index contributed by atoms with van der Waals surface area (Å²) in [5, 5.41) is 13.6. The molecule has 4 aromatic rings. The van der Waals surface area contributed by atoms with Gasteiger partial charge in [-0.2, -0.15) is 0 Å². The summed E-state index contributed by atoms with van der Waals surface area (Å²) >= 11 is 0. The number of hydrogen-bond donors (Lipinski definition) is 2. The Hall–Kier alpha value is -4.39. The highest BCUT2D eigenvalue weighted by atomic mass is 16.5. The Labute approximate surface area is 250 Å². The molecule has 1 aromatic heterocycles. The number of rotatable bonds is 7. The molecule has 3 aliphatic rings. The third-order valence-corrected chi connectivity index (χ3v) is 9.73. The first kappa shape index (κ1) is 27.4. The van der Waals surface area contributed by atoms with Gasteiger partial charge in [-0.15, -0.1) is 0 Å². The standard InChI is InChI=1S/C36H36N2O5/c39-31(21-23-8-6-11-26(20-23)35(41)42)36(16-7-17-36)37-34(40)25-14-15-27-29(22-25)38-18-19-43-30-13-5-4-12-28(30)33(38)32(27)24-9-2-1-3-10-24/h4-6,8,11-15,20,22,24H,1-3,7,9-10,16-19,21H2,(H,37,40)(H,41,42). The molecular weight excluding hydrogens is 540 g/mol. The van der Waals surface area contributed by atoms with Gasteiger partial charge in [-0.1, -0.05) is 49.6 Å². The molecule has 0 atom stereocenters. The third kappa shape index (κ3) is 4.90. The summed E-state index contributed by atoms with van der Waals surface area (Å²) in [6.45, 7) is 1.24. The van der Waals surface area contributed by atoms with Gasteiger partial charge in [0.1, 0.15) is 12.4 Å². The average molecular weight is 577 g/mol. The molecule has 2 N–H and O–H groups in total. The highest BCUT2D eigenvalue weighted by Crippen LogP contribution is 2.47. The lowest BCUT2D eigenvalue weighted by molar-refractivity contribution is -0.127. The van der Waals surface area contributed by atoms with Gasteiger partial charge in [-0.3, -0.25) is 9.59 Å². The van der Waals surface area contributed by atoms with Crippen molar-refractivity contribution in [2.24, 2.45) is 0 Å². The van der Waals surface area contributed by atoms with E-state index < -0.39 is 11.5 Å². The van der Waals surface area contributed by atoms with Gasteiger partial charge in [0.15, 0.2) is 5.78 Å². The van der Waals surface area contributed by atoms with Crippen molar-refractivity contribution < 1.29 is 24.2 Å². The molecule has 0 unspecified atom stereocenters. The fraction of sp³-hybridized carbons (Fsp3) is 0.361. The first-order valence-corrected chi connectivity index (χ1v) is 15.5. The molecule has 43 heavy (non-hydrogen) atoms. The Morgan fingerprint density at radius 1 is 0.907 bits per heavy atom. The second-order valence-corrected chi connectivity index (χ2v) is 12.3. The second-order valence-electron chi connectivity index (χ2n) is 12.3. The predicted octanol–water partition coefficient (Wildman–Crippen LogP) is 6.91. The number of carbonyl (C=O) groups excluding carboxylic acids is 2. The maximum Gasteiger partial charge on any atom is 0.335 e. The average Bonchev–Trinajstić information content (AvgIpc) is 3.20. The topological polar surface area (TPSA) is 97.6 Å². The number of amides is 1. The number of carbonyl (C=O) groups is 3. The molecule has 2 heterocycles. The molecule has 7 nitrogen and oxygen atoms in total. The number of carboxylic acids is 1. The van der Waals surface area contributed by atoms with E-state index in [1.54, 1.807) is 12.1 Å². The Morgan fingerprint density at radius 3 is 2.49 bits per heavy atom. The van der Waals surface area contributed by atoms with E-state index in [9.17, 15) is 19.5 Å². The van der Waals surface area contributed by atoms with Gasteiger partial charge >= 0.3 is 5.97 Å². The highest BCUT2D eigenvalue weighted by Gasteiger charge is 2.45. The number of carboxylic acid groups (broad SMARTS) is 1. The van der Waals surface area contributed by atoms with Crippen LogP contribution in [0.1, 0.15) is 89.1 Å². The number of nitrogens with zero attached hydrogens (tertiary/aromatic N) is 1. The van der Waals surface area contributed by atoms with Crippen LogP contribution < -0.4 is 10.1 Å². The first-order valence-electron chi connectivity index (χ1n) is 15.5. The summed E-state index contributed by atoms with van der Waals surface area (Å²) in [6.07, 6.45) is 8.16. The van der Waals surface area contributed by atoms with E-state index in [1.165, 1.54) is 48.0 Å². The van der Waals surface area contributed by atoms with Crippen LogP contribution in [0.5, 0.6) is 5.75 Å². The minimum atomic E-state index is -1.03. The summed E-state index contributed by atoms with van der Waals surface area (Å²) in [7, 11) is 0. The molecule has 7 rings (SSSR count). The third-order valence-electron chi connectivity index (χ3n) is 9.73. The van der Waals surface area contributed by atoms with E-state index in [1.807, 2.05) is 24.3 Å². The van der Waals surface area contributed by atoms with Crippen molar-refractivity contribution >= 4 is 28.6 Å². The van der Waals surface area contributed by atoms with Crippen LogP contribution in [0.2, 0.25) is 0 Å².